The Bertz CT molecular complexity index is 467. The molecule has 0 unspecified atom stereocenters. The maximum Gasteiger partial charge on any atom is 0.233 e. The van der Waals surface area contributed by atoms with Crippen LogP contribution in [-0.2, 0) is 10.2 Å². The minimum absolute atomic E-state index is 0.162. The summed E-state index contributed by atoms with van der Waals surface area (Å²) < 4.78 is 1.05. The second kappa shape index (κ2) is 4.35. The highest BCUT2D eigenvalue weighted by atomic mass is 79.9. The van der Waals surface area contributed by atoms with Gasteiger partial charge >= 0.3 is 0 Å². The lowest BCUT2D eigenvalue weighted by Crippen LogP contribution is -2.39. The number of carbonyl (C=O) groups is 1. The first-order chi connectivity index (χ1) is 8.62. The van der Waals surface area contributed by atoms with Crippen molar-refractivity contribution in [2.75, 3.05) is 13.1 Å². The molecular formula is C14H17BrN2O. The SMILES string of the molecule is N[C@@H]1CCN(C(=O)C2(c3ccc(Br)cc3)CC2)C1. The molecule has 0 bridgehead atoms. The summed E-state index contributed by atoms with van der Waals surface area (Å²) in [5.74, 6) is 0.276. The largest absolute Gasteiger partial charge is 0.340 e. The summed E-state index contributed by atoms with van der Waals surface area (Å²) in [6, 6.07) is 8.31. The van der Waals surface area contributed by atoms with Gasteiger partial charge < -0.3 is 10.6 Å². The fourth-order valence-corrected chi connectivity index (χ4v) is 3.06. The Hall–Kier alpha value is -0.870. The molecule has 1 saturated carbocycles. The molecular weight excluding hydrogens is 292 g/mol. The van der Waals surface area contributed by atoms with E-state index in [0.29, 0.717) is 0 Å². The minimum atomic E-state index is -0.245. The van der Waals surface area contributed by atoms with Gasteiger partial charge in [-0.05, 0) is 37.0 Å². The van der Waals surface area contributed by atoms with E-state index in [9.17, 15) is 4.79 Å². The number of halogens is 1. The molecule has 0 radical (unpaired) electrons. The molecule has 4 heteroatoms. The van der Waals surface area contributed by atoms with Gasteiger partial charge in [0.15, 0.2) is 0 Å². The van der Waals surface area contributed by atoms with Crippen LogP contribution in [0, 0.1) is 0 Å². The van der Waals surface area contributed by atoms with E-state index in [0.717, 1.165) is 42.4 Å². The standard InChI is InChI=1S/C14H17BrN2O/c15-11-3-1-10(2-4-11)14(6-7-14)13(18)17-8-5-12(16)9-17/h1-4,12H,5-9,16H2/t12-/m1/s1. The average Bonchev–Trinajstić information content (AvgIpc) is 3.06. The van der Waals surface area contributed by atoms with Crippen molar-refractivity contribution in [3.8, 4) is 0 Å². The van der Waals surface area contributed by atoms with E-state index in [1.54, 1.807) is 0 Å². The average molecular weight is 309 g/mol. The van der Waals surface area contributed by atoms with E-state index in [1.165, 1.54) is 0 Å². The van der Waals surface area contributed by atoms with Crippen molar-refractivity contribution in [1.82, 2.24) is 4.90 Å². The number of nitrogens with two attached hydrogens (primary N) is 1. The summed E-state index contributed by atoms with van der Waals surface area (Å²) in [5, 5.41) is 0. The molecule has 1 aromatic carbocycles. The summed E-state index contributed by atoms with van der Waals surface area (Å²) >= 11 is 3.43. The summed E-state index contributed by atoms with van der Waals surface area (Å²) in [5.41, 5.74) is 6.79. The number of nitrogens with zero attached hydrogens (tertiary/aromatic N) is 1. The van der Waals surface area contributed by atoms with Crippen LogP contribution in [0.1, 0.15) is 24.8 Å². The molecule has 96 valence electrons. The van der Waals surface area contributed by atoms with E-state index >= 15 is 0 Å². The fraction of sp³-hybridized carbons (Fsp3) is 0.500. The quantitative estimate of drug-likeness (QED) is 0.909. The lowest BCUT2D eigenvalue weighted by atomic mass is 9.94. The Morgan fingerprint density at radius 1 is 1.33 bits per heavy atom. The van der Waals surface area contributed by atoms with Crippen LogP contribution in [0.15, 0.2) is 28.7 Å². The Balaban J connectivity index is 1.82. The summed E-state index contributed by atoms with van der Waals surface area (Å²) in [4.78, 5) is 14.6. The van der Waals surface area contributed by atoms with Crippen LogP contribution in [0.25, 0.3) is 0 Å². The Morgan fingerprint density at radius 2 is 2.00 bits per heavy atom. The highest BCUT2D eigenvalue weighted by Gasteiger charge is 2.53. The van der Waals surface area contributed by atoms with Gasteiger partial charge in [0.2, 0.25) is 5.91 Å². The van der Waals surface area contributed by atoms with Crippen LogP contribution >= 0.6 is 15.9 Å². The molecule has 18 heavy (non-hydrogen) atoms. The topological polar surface area (TPSA) is 46.3 Å². The lowest BCUT2D eigenvalue weighted by molar-refractivity contribution is -0.132. The third kappa shape index (κ3) is 1.97. The molecule has 1 amide bonds. The molecule has 2 aliphatic rings. The van der Waals surface area contributed by atoms with Crippen LogP contribution in [0.4, 0.5) is 0 Å². The van der Waals surface area contributed by atoms with E-state index in [1.807, 2.05) is 17.0 Å². The van der Waals surface area contributed by atoms with Crippen molar-refractivity contribution in [3.05, 3.63) is 34.3 Å². The summed E-state index contributed by atoms with van der Waals surface area (Å²) in [7, 11) is 0. The number of amides is 1. The van der Waals surface area contributed by atoms with Crippen LogP contribution in [-0.4, -0.2) is 29.9 Å². The second-order valence-corrected chi connectivity index (χ2v) is 6.30. The molecule has 1 atom stereocenters. The normalized spacial score (nSPS) is 25.2. The van der Waals surface area contributed by atoms with Gasteiger partial charge in [-0.1, -0.05) is 28.1 Å². The molecule has 0 spiro atoms. The monoisotopic (exact) mass is 308 g/mol. The molecule has 2 N–H and O–H groups in total. The second-order valence-electron chi connectivity index (χ2n) is 5.39. The van der Waals surface area contributed by atoms with Crippen molar-refractivity contribution < 1.29 is 4.79 Å². The zero-order valence-corrected chi connectivity index (χ0v) is 11.8. The number of likely N-dealkylation sites (tertiary alicyclic amines) is 1. The Kier molecular flexibility index (Phi) is 2.94. The lowest BCUT2D eigenvalue weighted by Gasteiger charge is -2.23. The van der Waals surface area contributed by atoms with E-state index in [4.69, 9.17) is 5.73 Å². The molecule has 3 rings (SSSR count). The maximum atomic E-state index is 12.6. The van der Waals surface area contributed by atoms with E-state index in [-0.39, 0.29) is 17.4 Å². The third-order valence-corrected chi connectivity index (χ3v) is 4.60. The zero-order chi connectivity index (χ0) is 12.8. The Morgan fingerprint density at radius 3 is 2.50 bits per heavy atom. The zero-order valence-electron chi connectivity index (χ0n) is 10.2. The van der Waals surface area contributed by atoms with Gasteiger partial charge in [0.1, 0.15) is 0 Å². The van der Waals surface area contributed by atoms with E-state index < -0.39 is 0 Å². The third-order valence-electron chi connectivity index (χ3n) is 4.07. The smallest absolute Gasteiger partial charge is 0.233 e. The van der Waals surface area contributed by atoms with Gasteiger partial charge in [0.05, 0.1) is 5.41 Å². The van der Waals surface area contributed by atoms with Gasteiger partial charge in [-0.25, -0.2) is 0 Å². The molecule has 3 nitrogen and oxygen atoms in total. The minimum Gasteiger partial charge on any atom is -0.340 e. The number of hydrogen-bond acceptors (Lipinski definition) is 2. The number of rotatable bonds is 2. The van der Waals surface area contributed by atoms with Crippen molar-refractivity contribution in [2.45, 2.75) is 30.7 Å². The molecule has 0 aromatic heterocycles. The van der Waals surface area contributed by atoms with Crippen LogP contribution in [0.3, 0.4) is 0 Å². The van der Waals surface area contributed by atoms with Crippen LogP contribution in [0.5, 0.6) is 0 Å². The van der Waals surface area contributed by atoms with E-state index in [2.05, 4.69) is 28.1 Å². The number of benzene rings is 1. The fourth-order valence-electron chi connectivity index (χ4n) is 2.79. The number of hydrogen-bond donors (Lipinski definition) is 1. The van der Waals surface area contributed by atoms with Gasteiger partial charge in [0.25, 0.3) is 0 Å². The predicted molar refractivity (Wildman–Crippen MR) is 74.2 cm³/mol. The van der Waals surface area contributed by atoms with Crippen molar-refractivity contribution in [1.29, 1.82) is 0 Å². The molecule has 1 heterocycles. The molecule has 2 fully saturated rings. The molecule has 1 aliphatic carbocycles. The first kappa shape index (κ1) is 12.2. The van der Waals surface area contributed by atoms with Gasteiger partial charge in [-0.2, -0.15) is 0 Å². The molecule has 1 aliphatic heterocycles. The number of carbonyl (C=O) groups excluding carboxylic acids is 1. The van der Waals surface area contributed by atoms with Crippen LogP contribution < -0.4 is 5.73 Å². The summed E-state index contributed by atoms with van der Waals surface area (Å²) in [6.45, 7) is 1.54. The first-order valence-corrected chi connectivity index (χ1v) is 7.22. The maximum absolute atomic E-state index is 12.6. The van der Waals surface area contributed by atoms with Gasteiger partial charge in [-0.15, -0.1) is 0 Å². The molecule has 1 saturated heterocycles. The first-order valence-electron chi connectivity index (χ1n) is 6.43. The highest BCUT2D eigenvalue weighted by molar-refractivity contribution is 9.10. The Labute approximate surface area is 115 Å². The van der Waals surface area contributed by atoms with Crippen LogP contribution in [0.2, 0.25) is 0 Å². The van der Waals surface area contributed by atoms with Gasteiger partial charge in [-0.3, -0.25) is 4.79 Å². The van der Waals surface area contributed by atoms with Crippen molar-refractivity contribution in [2.24, 2.45) is 5.73 Å². The van der Waals surface area contributed by atoms with Gasteiger partial charge in [0, 0.05) is 23.6 Å². The highest BCUT2D eigenvalue weighted by Crippen LogP contribution is 2.50. The molecule has 1 aromatic rings. The summed E-state index contributed by atoms with van der Waals surface area (Å²) in [6.07, 6.45) is 2.88. The predicted octanol–water partition coefficient (Wildman–Crippen LogP) is 2.04. The van der Waals surface area contributed by atoms with Crippen molar-refractivity contribution in [3.63, 3.8) is 0 Å². The van der Waals surface area contributed by atoms with Crippen molar-refractivity contribution >= 4 is 21.8 Å².